The van der Waals surface area contributed by atoms with Gasteiger partial charge in [0.25, 0.3) is 11.8 Å². The lowest BCUT2D eigenvalue weighted by atomic mass is 9.96. The number of hydrogen-bond donors (Lipinski definition) is 1. The first kappa shape index (κ1) is 20.3. The summed E-state index contributed by atoms with van der Waals surface area (Å²) in [6.07, 6.45) is 2.02. The molecule has 0 aliphatic heterocycles. The minimum Gasteiger partial charge on any atom is -0.414 e. The van der Waals surface area contributed by atoms with Crippen LogP contribution in [0.3, 0.4) is 0 Å². The van der Waals surface area contributed by atoms with E-state index in [1.165, 1.54) is 4.90 Å². The van der Waals surface area contributed by atoms with Gasteiger partial charge in [-0.2, -0.15) is 0 Å². The van der Waals surface area contributed by atoms with Crippen molar-refractivity contribution in [3.8, 4) is 34.3 Å². The highest BCUT2D eigenvalue weighted by Crippen LogP contribution is 2.28. The van der Waals surface area contributed by atoms with Crippen molar-refractivity contribution >= 4 is 19.6 Å². The highest BCUT2D eigenvalue weighted by Gasteiger charge is 2.17. The molecule has 2 N–H and O–H groups in total. The van der Waals surface area contributed by atoms with E-state index in [0.717, 1.165) is 16.7 Å². The van der Waals surface area contributed by atoms with Crippen LogP contribution in [-0.2, 0) is 6.32 Å². The zero-order valence-corrected chi connectivity index (χ0v) is 17.1. The van der Waals surface area contributed by atoms with Crippen LogP contribution < -0.4 is 5.73 Å². The summed E-state index contributed by atoms with van der Waals surface area (Å²) in [6, 6.07) is 14.6. The smallest absolute Gasteiger partial charge is 0.270 e. The van der Waals surface area contributed by atoms with Crippen LogP contribution in [-0.4, -0.2) is 52.9 Å². The number of rotatable bonds is 5. The van der Waals surface area contributed by atoms with E-state index < -0.39 is 0 Å². The van der Waals surface area contributed by atoms with E-state index >= 15 is 0 Å². The fraction of sp³-hybridized carbons (Fsp3) is 0.136. The van der Waals surface area contributed by atoms with Crippen LogP contribution >= 0.6 is 0 Å². The van der Waals surface area contributed by atoms with Crippen molar-refractivity contribution in [1.82, 2.24) is 25.1 Å². The Hall–Kier alpha value is -4.01. The third-order valence-electron chi connectivity index (χ3n) is 4.70. The minimum absolute atomic E-state index is 0.0754. The lowest BCUT2D eigenvalue weighted by molar-refractivity contribution is 0.0827. The van der Waals surface area contributed by atoms with Gasteiger partial charge in [0.05, 0.1) is 19.7 Å². The number of amides is 1. The fourth-order valence-electron chi connectivity index (χ4n) is 2.96. The van der Waals surface area contributed by atoms with E-state index in [9.17, 15) is 4.79 Å². The lowest BCUT2D eigenvalue weighted by Gasteiger charge is -2.10. The standard InChI is InChI=1S/C22H19BN6O2/c1-29(2)22(30)16-9-7-14(8-10-16)17-12-25-19(24)18(26-17)21-28-27-20(31-21)15-5-3-13(11-23)4-6-15/h3-10,12H,11H2,1-2H3,(H2,24,25). The van der Waals surface area contributed by atoms with Gasteiger partial charge in [0.1, 0.15) is 0 Å². The molecule has 4 aromatic rings. The number of aromatic nitrogens is 4. The van der Waals surface area contributed by atoms with E-state index in [2.05, 4.69) is 20.2 Å². The van der Waals surface area contributed by atoms with Crippen molar-refractivity contribution in [3.63, 3.8) is 0 Å². The molecule has 0 atom stereocenters. The van der Waals surface area contributed by atoms with Crippen molar-refractivity contribution in [3.05, 3.63) is 65.9 Å². The normalized spacial score (nSPS) is 10.8. The topological polar surface area (TPSA) is 111 Å². The first-order valence-corrected chi connectivity index (χ1v) is 9.54. The molecule has 0 bridgehead atoms. The Kier molecular flexibility index (Phi) is 5.49. The zero-order chi connectivity index (χ0) is 22.0. The maximum atomic E-state index is 12.1. The van der Waals surface area contributed by atoms with Crippen LogP contribution in [0.2, 0.25) is 0 Å². The molecule has 0 fully saturated rings. The largest absolute Gasteiger partial charge is 0.414 e. The van der Waals surface area contributed by atoms with Crippen LogP contribution in [0.1, 0.15) is 15.9 Å². The Bertz CT molecular complexity index is 1220. The summed E-state index contributed by atoms with van der Waals surface area (Å²) in [4.78, 5) is 22.4. The molecule has 0 aliphatic rings. The number of carbonyl (C=O) groups excluding carboxylic acids is 1. The third-order valence-corrected chi connectivity index (χ3v) is 4.70. The fourth-order valence-corrected chi connectivity index (χ4v) is 2.96. The quantitative estimate of drug-likeness (QED) is 0.504. The number of nitrogens with two attached hydrogens (primary N) is 1. The SMILES string of the molecule is [B]Cc1ccc(-c2nnc(-c3nc(-c4ccc(C(=O)N(C)C)cc4)cnc3N)o2)cc1. The number of carbonyl (C=O) groups is 1. The van der Waals surface area contributed by atoms with Crippen LogP contribution in [0.4, 0.5) is 5.82 Å². The van der Waals surface area contributed by atoms with E-state index in [1.807, 2.05) is 24.3 Å². The molecule has 2 heterocycles. The monoisotopic (exact) mass is 410 g/mol. The Labute approximate surface area is 180 Å². The van der Waals surface area contributed by atoms with Gasteiger partial charge in [-0.15, -0.1) is 10.2 Å². The Balaban J connectivity index is 1.64. The molecule has 1 amide bonds. The molecule has 2 radical (unpaired) electrons. The highest BCUT2D eigenvalue weighted by atomic mass is 16.4. The van der Waals surface area contributed by atoms with Crippen molar-refractivity contribution in [1.29, 1.82) is 0 Å². The Morgan fingerprint density at radius 1 is 1.00 bits per heavy atom. The van der Waals surface area contributed by atoms with Crippen LogP contribution in [0.5, 0.6) is 0 Å². The summed E-state index contributed by atoms with van der Waals surface area (Å²) in [5.41, 5.74) is 10.0. The van der Waals surface area contributed by atoms with E-state index in [-0.39, 0.29) is 17.6 Å². The number of nitrogens with zero attached hydrogens (tertiary/aromatic N) is 5. The maximum absolute atomic E-state index is 12.1. The Morgan fingerprint density at radius 3 is 2.29 bits per heavy atom. The van der Waals surface area contributed by atoms with E-state index in [0.29, 0.717) is 29.2 Å². The molecule has 2 aromatic heterocycles. The molecule has 0 saturated heterocycles. The summed E-state index contributed by atoms with van der Waals surface area (Å²) in [5.74, 6) is 0.617. The van der Waals surface area contributed by atoms with Crippen LogP contribution in [0, 0.1) is 0 Å². The summed E-state index contributed by atoms with van der Waals surface area (Å²) >= 11 is 0. The molecular weight excluding hydrogens is 391 g/mol. The molecule has 9 heteroatoms. The van der Waals surface area contributed by atoms with Crippen molar-refractivity contribution in [2.24, 2.45) is 0 Å². The molecule has 8 nitrogen and oxygen atoms in total. The number of anilines is 1. The third kappa shape index (κ3) is 4.16. The van der Waals surface area contributed by atoms with Gasteiger partial charge in [0.15, 0.2) is 11.5 Å². The van der Waals surface area contributed by atoms with Crippen molar-refractivity contribution in [2.45, 2.75) is 6.32 Å². The highest BCUT2D eigenvalue weighted by molar-refractivity contribution is 6.08. The summed E-state index contributed by atoms with van der Waals surface area (Å²) in [6.45, 7) is 0. The molecule has 2 aromatic carbocycles. The second-order valence-corrected chi connectivity index (χ2v) is 7.08. The van der Waals surface area contributed by atoms with Crippen LogP contribution in [0.25, 0.3) is 34.3 Å². The molecule has 0 spiro atoms. The molecule has 4 rings (SSSR count). The predicted molar refractivity (Wildman–Crippen MR) is 118 cm³/mol. The second kappa shape index (κ2) is 8.39. The number of nitrogen functional groups attached to an aromatic ring is 1. The Morgan fingerprint density at radius 2 is 1.65 bits per heavy atom. The van der Waals surface area contributed by atoms with Gasteiger partial charge in [-0.1, -0.05) is 36.1 Å². The minimum atomic E-state index is -0.0754. The molecule has 0 aliphatic carbocycles. The molecule has 31 heavy (non-hydrogen) atoms. The summed E-state index contributed by atoms with van der Waals surface area (Å²) < 4.78 is 5.79. The predicted octanol–water partition coefficient (Wildman–Crippen LogP) is 2.81. The summed E-state index contributed by atoms with van der Waals surface area (Å²) in [5, 5.41) is 8.18. The van der Waals surface area contributed by atoms with Gasteiger partial charge in [-0.25, -0.2) is 9.97 Å². The van der Waals surface area contributed by atoms with Gasteiger partial charge in [-0.05, 0) is 24.3 Å². The van der Waals surface area contributed by atoms with Gasteiger partial charge in [-0.3, -0.25) is 4.79 Å². The second-order valence-electron chi connectivity index (χ2n) is 7.08. The van der Waals surface area contributed by atoms with Crippen LogP contribution in [0.15, 0.2) is 59.1 Å². The first-order valence-electron chi connectivity index (χ1n) is 9.54. The van der Waals surface area contributed by atoms with Gasteiger partial charge >= 0.3 is 0 Å². The molecule has 0 unspecified atom stereocenters. The average molecular weight is 410 g/mol. The van der Waals surface area contributed by atoms with Crippen molar-refractivity contribution < 1.29 is 9.21 Å². The summed E-state index contributed by atoms with van der Waals surface area (Å²) in [7, 11) is 9.05. The first-order chi connectivity index (χ1) is 15.0. The maximum Gasteiger partial charge on any atom is 0.270 e. The average Bonchev–Trinajstić information content (AvgIpc) is 3.29. The van der Waals surface area contributed by atoms with Gasteiger partial charge in [0.2, 0.25) is 5.89 Å². The van der Waals surface area contributed by atoms with Gasteiger partial charge in [0, 0.05) is 30.8 Å². The van der Waals surface area contributed by atoms with Gasteiger partial charge < -0.3 is 15.1 Å². The molecule has 0 saturated carbocycles. The lowest BCUT2D eigenvalue weighted by Crippen LogP contribution is -2.21. The zero-order valence-electron chi connectivity index (χ0n) is 17.1. The number of hydrogen-bond acceptors (Lipinski definition) is 7. The van der Waals surface area contributed by atoms with E-state index in [4.69, 9.17) is 18.0 Å². The molecular formula is C22H19BN6O2. The van der Waals surface area contributed by atoms with Crippen molar-refractivity contribution in [2.75, 3.05) is 19.8 Å². The molecule has 152 valence electrons. The van der Waals surface area contributed by atoms with E-state index in [1.54, 1.807) is 44.6 Å². The number of benzene rings is 2.